The molecule has 0 radical (unpaired) electrons. The van der Waals surface area contributed by atoms with Gasteiger partial charge in [-0.05, 0) is 18.8 Å². The molecule has 0 bridgehead atoms. The van der Waals surface area contributed by atoms with Gasteiger partial charge in [0, 0.05) is 26.6 Å². The largest absolute Gasteiger partial charge is 0.355 e. The Labute approximate surface area is 83.6 Å². The van der Waals surface area contributed by atoms with E-state index in [2.05, 4.69) is 5.32 Å². The summed E-state index contributed by atoms with van der Waals surface area (Å²) in [6, 6.07) is 0. The summed E-state index contributed by atoms with van der Waals surface area (Å²) in [7, 11) is 1.84. The van der Waals surface area contributed by atoms with Crippen LogP contribution in [0.3, 0.4) is 0 Å². The lowest BCUT2D eigenvalue weighted by molar-refractivity contribution is -0.134. The molecule has 2 aliphatic rings. The topological polar surface area (TPSA) is 49.4 Å². The van der Waals surface area contributed by atoms with Gasteiger partial charge in [0.05, 0.1) is 5.92 Å². The Kier molecular flexibility index (Phi) is 2.44. The van der Waals surface area contributed by atoms with E-state index in [9.17, 15) is 9.59 Å². The molecule has 1 saturated heterocycles. The lowest BCUT2D eigenvalue weighted by Gasteiger charge is -2.19. The van der Waals surface area contributed by atoms with Gasteiger partial charge in [0.15, 0.2) is 0 Å². The fourth-order valence-corrected chi connectivity index (χ4v) is 1.87. The molecule has 2 amide bonds. The number of hydrogen-bond donors (Lipinski definition) is 1. The molecule has 1 heterocycles. The van der Waals surface area contributed by atoms with E-state index in [1.54, 1.807) is 4.90 Å². The Hall–Kier alpha value is -1.06. The van der Waals surface area contributed by atoms with Gasteiger partial charge in [0.2, 0.25) is 11.8 Å². The summed E-state index contributed by atoms with van der Waals surface area (Å²) in [4.78, 5) is 24.5. The third kappa shape index (κ3) is 2.05. The van der Waals surface area contributed by atoms with E-state index < -0.39 is 0 Å². The molecule has 0 aromatic carbocycles. The molecule has 4 nitrogen and oxygen atoms in total. The van der Waals surface area contributed by atoms with E-state index in [1.807, 2.05) is 7.05 Å². The smallest absolute Gasteiger partial charge is 0.227 e. The van der Waals surface area contributed by atoms with E-state index in [0.29, 0.717) is 18.9 Å². The number of rotatable bonds is 3. The zero-order valence-corrected chi connectivity index (χ0v) is 8.45. The first-order valence-electron chi connectivity index (χ1n) is 5.18. The van der Waals surface area contributed by atoms with Gasteiger partial charge in [-0.25, -0.2) is 0 Å². The molecule has 1 N–H and O–H groups in total. The maximum Gasteiger partial charge on any atom is 0.227 e. The first-order chi connectivity index (χ1) is 6.66. The summed E-state index contributed by atoms with van der Waals surface area (Å²) in [5.74, 6) is 0.721. The SMILES string of the molecule is CN(CC1CC1)C(=O)C1CNC(=O)C1. The summed E-state index contributed by atoms with van der Waals surface area (Å²) >= 11 is 0. The van der Waals surface area contributed by atoms with Gasteiger partial charge in [-0.3, -0.25) is 9.59 Å². The van der Waals surface area contributed by atoms with Crippen LogP contribution in [-0.4, -0.2) is 36.9 Å². The van der Waals surface area contributed by atoms with Crippen molar-refractivity contribution in [1.82, 2.24) is 10.2 Å². The van der Waals surface area contributed by atoms with Crippen LogP contribution in [0.5, 0.6) is 0 Å². The summed E-state index contributed by atoms with van der Waals surface area (Å²) in [5.41, 5.74) is 0. The second-order valence-corrected chi connectivity index (χ2v) is 4.37. The maximum atomic E-state index is 11.8. The second-order valence-electron chi connectivity index (χ2n) is 4.37. The van der Waals surface area contributed by atoms with Crippen molar-refractivity contribution in [2.24, 2.45) is 11.8 Å². The van der Waals surface area contributed by atoms with Gasteiger partial charge in [0.25, 0.3) is 0 Å². The van der Waals surface area contributed by atoms with Crippen molar-refractivity contribution in [3.63, 3.8) is 0 Å². The minimum Gasteiger partial charge on any atom is -0.355 e. The molecule has 2 rings (SSSR count). The second kappa shape index (κ2) is 3.59. The molecule has 4 heteroatoms. The normalized spacial score (nSPS) is 26.1. The highest BCUT2D eigenvalue weighted by molar-refractivity contribution is 5.89. The Bertz CT molecular complexity index is 261. The maximum absolute atomic E-state index is 11.8. The lowest BCUT2D eigenvalue weighted by atomic mass is 10.1. The predicted octanol–water partition coefficient (Wildman–Crippen LogP) is -0.00910. The number of nitrogens with one attached hydrogen (secondary N) is 1. The molecule has 78 valence electrons. The quantitative estimate of drug-likeness (QED) is 0.690. The van der Waals surface area contributed by atoms with Gasteiger partial charge in [-0.1, -0.05) is 0 Å². The van der Waals surface area contributed by atoms with Crippen LogP contribution in [0.25, 0.3) is 0 Å². The van der Waals surface area contributed by atoms with Crippen molar-refractivity contribution in [3.8, 4) is 0 Å². The molecule has 1 aliphatic carbocycles. The Balaban J connectivity index is 1.83. The van der Waals surface area contributed by atoms with E-state index in [1.165, 1.54) is 12.8 Å². The first-order valence-corrected chi connectivity index (χ1v) is 5.18. The number of nitrogens with zero attached hydrogens (tertiary/aromatic N) is 1. The Morgan fingerprint density at radius 1 is 1.57 bits per heavy atom. The molecule has 14 heavy (non-hydrogen) atoms. The standard InChI is InChI=1S/C10H16N2O2/c1-12(6-7-2-3-7)10(14)8-4-9(13)11-5-8/h7-8H,2-6H2,1H3,(H,11,13). The molecule has 0 spiro atoms. The molecule has 0 aromatic rings. The minimum atomic E-state index is -0.119. The molecule has 1 atom stereocenters. The van der Waals surface area contributed by atoms with Crippen molar-refractivity contribution in [3.05, 3.63) is 0 Å². The van der Waals surface area contributed by atoms with Crippen molar-refractivity contribution >= 4 is 11.8 Å². The van der Waals surface area contributed by atoms with E-state index >= 15 is 0 Å². The summed E-state index contributed by atoms with van der Waals surface area (Å²) < 4.78 is 0. The zero-order valence-electron chi connectivity index (χ0n) is 8.45. The van der Waals surface area contributed by atoms with Crippen LogP contribution < -0.4 is 5.32 Å². The number of carbonyl (C=O) groups excluding carboxylic acids is 2. The molecular formula is C10H16N2O2. The summed E-state index contributed by atoms with van der Waals surface area (Å²) in [5, 5.41) is 2.69. The highest BCUT2D eigenvalue weighted by Crippen LogP contribution is 2.29. The van der Waals surface area contributed by atoms with E-state index in [-0.39, 0.29) is 17.7 Å². The Morgan fingerprint density at radius 3 is 2.79 bits per heavy atom. The van der Waals surface area contributed by atoms with Crippen LogP contribution in [0.4, 0.5) is 0 Å². The predicted molar refractivity (Wildman–Crippen MR) is 51.5 cm³/mol. The van der Waals surface area contributed by atoms with Gasteiger partial charge >= 0.3 is 0 Å². The van der Waals surface area contributed by atoms with Gasteiger partial charge in [-0.2, -0.15) is 0 Å². The molecule has 2 fully saturated rings. The molecular weight excluding hydrogens is 180 g/mol. The monoisotopic (exact) mass is 196 g/mol. The van der Waals surface area contributed by atoms with Crippen LogP contribution >= 0.6 is 0 Å². The Morgan fingerprint density at radius 2 is 2.29 bits per heavy atom. The zero-order chi connectivity index (χ0) is 10.1. The average Bonchev–Trinajstić information content (AvgIpc) is 2.85. The molecule has 0 aromatic heterocycles. The van der Waals surface area contributed by atoms with Crippen LogP contribution in [0, 0.1) is 11.8 Å². The van der Waals surface area contributed by atoms with Crippen molar-refractivity contribution < 1.29 is 9.59 Å². The van der Waals surface area contributed by atoms with Crippen molar-refractivity contribution in [2.45, 2.75) is 19.3 Å². The van der Waals surface area contributed by atoms with Gasteiger partial charge in [-0.15, -0.1) is 0 Å². The van der Waals surface area contributed by atoms with Crippen LogP contribution in [0.15, 0.2) is 0 Å². The van der Waals surface area contributed by atoms with Crippen LogP contribution in [0.2, 0.25) is 0 Å². The fraction of sp³-hybridized carbons (Fsp3) is 0.800. The summed E-state index contributed by atoms with van der Waals surface area (Å²) in [6.45, 7) is 1.39. The lowest BCUT2D eigenvalue weighted by Crippen LogP contribution is -2.35. The molecule has 1 aliphatic heterocycles. The van der Waals surface area contributed by atoms with E-state index in [4.69, 9.17) is 0 Å². The number of amides is 2. The summed E-state index contributed by atoms with van der Waals surface area (Å²) in [6.07, 6.45) is 2.87. The van der Waals surface area contributed by atoms with Gasteiger partial charge < -0.3 is 10.2 Å². The highest BCUT2D eigenvalue weighted by atomic mass is 16.2. The van der Waals surface area contributed by atoms with Gasteiger partial charge in [0.1, 0.15) is 0 Å². The number of hydrogen-bond acceptors (Lipinski definition) is 2. The highest BCUT2D eigenvalue weighted by Gasteiger charge is 2.32. The van der Waals surface area contributed by atoms with Crippen LogP contribution in [0.1, 0.15) is 19.3 Å². The third-order valence-electron chi connectivity index (χ3n) is 2.93. The fourth-order valence-electron chi connectivity index (χ4n) is 1.87. The molecule has 1 unspecified atom stereocenters. The first kappa shape index (κ1) is 9.49. The van der Waals surface area contributed by atoms with Crippen molar-refractivity contribution in [2.75, 3.05) is 20.1 Å². The van der Waals surface area contributed by atoms with Crippen molar-refractivity contribution in [1.29, 1.82) is 0 Å². The van der Waals surface area contributed by atoms with Crippen LogP contribution in [-0.2, 0) is 9.59 Å². The minimum absolute atomic E-state index is 0.00294. The number of carbonyl (C=O) groups is 2. The third-order valence-corrected chi connectivity index (χ3v) is 2.93. The van der Waals surface area contributed by atoms with E-state index in [0.717, 1.165) is 6.54 Å². The molecule has 1 saturated carbocycles. The average molecular weight is 196 g/mol.